The van der Waals surface area contributed by atoms with Crippen molar-refractivity contribution in [2.75, 3.05) is 33.9 Å². The quantitative estimate of drug-likeness (QED) is 0.701. The van der Waals surface area contributed by atoms with E-state index in [9.17, 15) is 9.59 Å². The SMILES string of the molecule is COc1ccc(OC)c([C@H]2CN(C(=O)c3ccccc3)C[C@@H]2C(=O)NCCC(C)C)c1. The third-order valence-electron chi connectivity index (χ3n) is 5.82. The largest absolute Gasteiger partial charge is 0.497 e. The summed E-state index contributed by atoms with van der Waals surface area (Å²) < 4.78 is 11.0. The van der Waals surface area contributed by atoms with Gasteiger partial charge in [-0.2, -0.15) is 0 Å². The average molecular weight is 425 g/mol. The van der Waals surface area contributed by atoms with Crippen molar-refractivity contribution in [3.63, 3.8) is 0 Å². The van der Waals surface area contributed by atoms with Gasteiger partial charge in [0.15, 0.2) is 0 Å². The van der Waals surface area contributed by atoms with Crippen LogP contribution in [0.25, 0.3) is 0 Å². The summed E-state index contributed by atoms with van der Waals surface area (Å²) in [6.07, 6.45) is 0.915. The van der Waals surface area contributed by atoms with E-state index >= 15 is 0 Å². The number of nitrogens with zero attached hydrogens (tertiary/aromatic N) is 1. The van der Waals surface area contributed by atoms with Crippen molar-refractivity contribution >= 4 is 11.8 Å². The fraction of sp³-hybridized carbons (Fsp3) is 0.440. The number of rotatable bonds is 8. The van der Waals surface area contributed by atoms with Gasteiger partial charge in [0.25, 0.3) is 5.91 Å². The minimum Gasteiger partial charge on any atom is -0.497 e. The maximum absolute atomic E-state index is 13.1. The van der Waals surface area contributed by atoms with Crippen LogP contribution >= 0.6 is 0 Å². The Morgan fingerprint density at radius 2 is 1.81 bits per heavy atom. The number of methoxy groups -OCH3 is 2. The zero-order valence-corrected chi connectivity index (χ0v) is 18.8. The van der Waals surface area contributed by atoms with Crippen LogP contribution in [0, 0.1) is 11.8 Å². The molecule has 0 unspecified atom stereocenters. The highest BCUT2D eigenvalue weighted by Gasteiger charge is 2.41. The van der Waals surface area contributed by atoms with Gasteiger partial charge >= 0.3 is 0 Å². The van der Waals surface area contributed by atoms with Gasteiger partial charge in [0.05, 0.1) is 20.1 Å². The second-order valence-corrected chi connectivity index (χ2v) is 8.37. The van der Waals surface area contributed by atoms with Crippen LogP contribution in [-0.4, -0.2) is 50.6 Å². The molecule has 3 rings (SSSR count). The van der Waals surface area contributed by atoms with Crippen LogP contribution in [0.4, 0.5) is 0 Å². The standard InChI is InChI=1S/C25H32N2O4/c1-17(2)12-13-26-24(28)22-16-27(25(29)18-8-6-5-7-9-18)15-21(22)20-14-19(30-3)10-11-23(20)31-4/h5-11,14,17,21-22H,12-13,15-16H2,1-4H3,(H,26,28)/t21-,22+/m1/s1. The zero-order valence-electron chi connectivity index (χ0n) is 18.8. The average Bonchev–Trinajstić information content (AvgIpc) is 3.23. The highest BCUT2D eigenvalue weighted by atomic mass is 16.5. The first-order valence-corrected chi connectivity index (χ1v) is 10.8. The number of benzene rings is 2. The number of ether oxygens (including phenoxy) is 2. The zero-order chi connectivity index (χ0) is 22.4. The number of carbonyl (C=O) groups is 2. The summed E-state index contributed by atoms with van der Waals surface area (Å²) in [4.78, 5) is 28.0. The Balaban J connectivity index is 1.89. The van der Waals surface area contributed by atoms with Gasteiger partial charge in [0, 0.05) is 36.7 Å². The van der Waals surface area contributed by atoms with Crippen LogP contribution in [0.5, 0.6) is 11.5 Å². The van der Waals surface area contributed by atoms with Crippen molar-refractivity contribution in [2.45, 2.75) is 26.2 Å². The summed E-state index contributed by atoms with van der Waals surface area (Å²) in [6, 6.07) is 14.8. The van der Waals surface area contributed by atoms with Crippen LogP contribution in [-0.2, 0) is 4.79 Å². The molecule has 2 aromatic rings. The monoisotopic (exact) mass is 424 g/mol. The molecule has 166 valence electrons. The summed E-state index contributed by atoms with van der Waals surface area (Å²) in [5, 5.41) is 3.07. The van der Waals surface area contributed by atoms with E-state index < -0.39 is 0 Å². The molecule has 6 nitrogen and oxygen atoms in total. The minimum absolute atomic E-state index is 0.0288. The fourth-order valence-electron chi connectivity index (χ4n) is 4.06. The third kappa shape index (κ3) is 5.37. The molecule has 1 saturated heterocycles. The Hall–Kier alpha value is -3.02. The molecule has 0 bridgehead atoms. The molecule has 1 aliphatic heterocycles. The van der Waals surface area contributed by atoms with Gasteiger partial charge in [-0.1, -0.05) is 32.0 Å². The van der Waals surface area contributed by atoms with Crippen molar-refractivity contribution in [3.8, 4) is 11.5 Å². The van der Waals surface area contributed by atoms with Crippen LogP contribution in [0.15, 0.2) is 48.5 Å². The summed E-state index contributed by atoms with van der Waals surface area (Å²) in [5.74, 6) is 1.26. The van der Waals surface area contributed by atoms with Crippen molar-refractivity contribution in [3.05, 3.63) is 59.7 Å². The first-order valence-electron chi connectivity index (χ1n) is 10.8. The smallest absolute Gasteiger partial charge is 0.253 e. The van der Waals surface area contributed by atoms with E-state index in [1.807, 2.05) is 36.4 Å². The molecular weight excluding hydrogens is 392 g/mol. The van der Waals surface area contributed by atoms with Gasteiger partial charge in [0.1, 0.15) is 11.5 Å². The maximum atomic E-state index is 13.1. The molecule has 2 aromatic carbocycles. The molecule has 6 heteroatoms. The molecule has 1 heterocycles. The van der Waals surface area contributed by atoms with Gasteiger partial charge in [-0.05, 0) is 42.7 Å². The van der Waals surface area contributed by atoms with Crippen LogP contribution < -0.4 is 14.8 Å². The van der Waals surface area contributed by atoms with E-state index in [-0.39, 0.29) is 23.7 Å². The van der Waals surface area contributed by atoms with E-state index in [4.69, 9.17) is 9.47 Å². The molecular formula is C25H32N2O4. The minimum atomic E-state index is -0.360. The number of hydrogen-bond acceptors (Lipinski definition) is 4. The lowest BCUT2D eigenvalue weighted by molar-refractivity contribution is -0.124. The lowest BCUT2D eigenvalue weighted by Gasteiger charge is -2.21. The van der Waals surface area contributed by atoms with Crippen molar-refractivity contribution in [1.29, 1.82) is 0 Å². The Kier molecular flexibility index (Phi) is 7.55. The predicted molar refractivity (Wildman–Crippen MR) is 121 cm³/mol. The molecule has 1 N–H and O–H groups in total. The van der Waals surface area contributed by atoms with Crippen molar-refractivity contribution < 1.29 is 19.1 Å². The maximum Gasteiger partial charge on any atom is 0.253 e. The molecule has 0 aromatic heterocycles. The van der Waals surface area contributed by atoms with Crippen LogP contribution in [0.3, 0.4) is 0 Å². The Bertz CT molecular complexity index is 898. The van der Waals surface area contributed by atoms with E-state index in [0.29, 0.717) is 42.6 Å². The number of amides is 2. The molecule has 2 amide bonds. The van der Waals surface area contributed by atoms with Gasteiger partial charge in [-0.15, -0.1) is 0 Å². The molecule has 0 spiro atoms. The summed E-state index contributed by atoms with van der Waals surface area (Å²) in [5.41, 5.74) is 1.51. The lowest BCUT2D eigenvalue weighted by atomic mass is 9.87. The summed E-state index contributed by atoms with van der Waals surface area (Å²) in [7, 11) is 3.23. The number of likely N-dealkylation sites (tertiary alicyclic amines) is 1. The number of carbonyl (C=O) groups excluding carboxylic acids is 2. The second kappa shape index (κ2) is 10.3. The highest BCUT2D eigenvalue weighted by molar-refractivity contribution is 5.95. The van der Waals surface area contributed by atoms with E-state index in [0.717, 1.165) is 12.0 Å². The Labute approximate surface area is 184 Å². The van der Waals surface area contributed by atoms with Gasteiger partial charge in [-0.3, -0.25) is 9.59 Å². The molecule has 0 aliphatic carbocycles. The van der Waals surface area contributed by atoms with Gasteiger partial charge < -0.3 is 19.7 Å². The topological polar surface area (TPSA) is 67.9 Å². The molecule has 1 fully saturated rings. The van der Waals surface area contributed by atoms with Crippen LogP contribution in [0.1, 0.15) is 42.1 Å². The number of hydrogen-bond donors (Lipinski definition) is 1. The molecule has 1 aliphatic rings. The lowest BCUT2D eigenvalue weighted by Crippen LogP contribution is -2.36. The van der Waals surface area contributed by atoms with Gasteiger partial charge in [0.2, 0.25) is 5.91 Å². The van der Waals surface area contributed by atoms with Crippen LogP contribution in [0.2, 0.25) is 0 Å². The first kappa shape index (κ1) is 22.7. The molecule has 31 heavy (non-hydrogen) atoms. The highest BCUT2D eigenvalue weighted by Crippen LogP contribution is 2.40. The summed E-state index contributed by atoms with van der Waals surface area (Å²) in [6.45, 7) is 5.70. The van der Waals surface area contributed by atoms with E-state index in [1.165, 1.54) is 0 Å². The van der Waals surface area contributed by atoms with E-state index in [1.54, 1.807) is 31.3 Å². The van der Waals surface area contributed by atoms with Crippen molar-refractivity contribution in [2.24, 2.45) is 11.8 Å². The van der Waals surface area contributed by atoms with E-state index in [2.05, 4.69) is 19.2 Å². The predicted octanol–water partition coefficient (Wildman–Crippen LogP) is 3.72. The summed E-state index contributed by atoms with van der Waals surface area (Å²) >= 11 is 0. The fourth-order valence-corrected chi connectivity index (χ4v) is 4.06. The normalized spacial score (nSPS) is 18.2. The Morgan fingerprint density at radius 3 is 2.45 bits per heavy atom. The second-order valence-electron chi connectivity index (χ2n) is 8.37. The molecule has 2 atom stereocenters. The van der Waals surface area contributed by atoms with Gasteiger partial charge in [-0.25, -0.2) is 0 Å². The van der Waals surface area contributed by atoms with Crippen molar-refractivity contribution in [1.82, 2.24) is 10.2 Å². The first-order chi connectivity index (χ1) is 14.9. The molecule has 0 saturated carbocycles. The third-order valence-corrected chi connectivity index (χ3v) is 5.82. The number of nitrogens with one attached hydrogen (secondary N) is 1. The Morgan fingerprint density at radius 1 is 1.06 bits per heavy atom. The molecule has 0 radical (unpaired) electrons.